The first-order chi connectivity index (χ1) is 9.40. The average Bonchev–Trinajstić information content (AvgIpc) is 2.39. The summed E-state index contributed by atoms with van der Waals surface area (Å²) in [7, 11) is 0. The Hall–Kier alpha value is -1.88. The van der Waals surface area contributed by atoms with Crippen LogP contribution in [0, 0.1) is 19.7 Å². The molecule has 0 aliphatic carbocycles. The van der Waals surface area contributed by atoms with Crippen LogP contribution in [0.15, 0.2) is 34.8 Å². The molecule has 1 amide bonds. The number of para-hydroxylation sites is 1. The molecule has 0 aliphatic rings. The van der Waals surface area contributed by atoms with Gasteiger partial charge >= 0.3 is 0 Å². The number of rotatable bonds is 2. The monoisotopic (exact) mass is 337 g/mol. The Kier molecular flexibility index (Phi) is 4.09. The Morgan fingerprint density at radius 3 is 2.65 bits per heavy atom. The first-order valence-corrected chi connectivity index (χ1v) is 6.75. The van der Waals surface area contributed by atoms with Gasteiger partial charge in [-0.15, -0.1) is 0 Å². The Bertz CT molecular complexity index is 686. The molecule has 0 saturated heterocycles. The largest absolute Gasteiger partial charge is 0.507 e. The fourth-order valence-corrected chi connectivity index (χ4v) is 2.27. The van der Waals surface area contributed by atoms with Crippen LogP contribution in [-0.4, -0.2) is 11.0 Å². The number of carbonyl (C=O) groups excluding carboxylic acids is 1. The molecule has 0 radical (unpaired) electrons. The zero-order valence-corrected chi connectivity index (χ0v) is 12.6. The Morgan fingerprint density at radius 1 is 1.25 bits per heavy atom. The zero-order chi connectivity index (χ0) is 14.9. The van der Waals surface area contributed by atoms with Crippen LogP contribution in [0.25, 0.3) is 0 Å². The third-order valence-electron chi connectivity index (χ3n) is 3.00. The first-order valence-electron chi connectivity index (χ1n) is 5.95. The number of carbonyl (C=O) groups is 1. The molecule has 2 rings (SSSR count). The average molecular weight is 338 g/mol. The highest BCUT2D eigenvalue weighted by Crippen LogP contribution is 2.26. The van der Waals surface area contributed by atoms with Gasteiger partial charge in [-0.05, 0) is 59.1 Å². The van der Waals surface area contributed by atoms with Gasteiger partial charge < -0.3 is 10.4 Å². The van der Waals surface area contributed by atoms with Crippen molar-refractivity contribution in [1.29, 1.82) is 0 Å². The minimum atomic E-state index is -0.476. The van der Waals surface area contributed by atoms with Gasteiger partial charge in [0.1, 0.15) is 11.6 Å². The minimum Gasteiger partial charge on any atom is -0.507 e. The van der Waals surface area contributed by atoms with Crippen LogP contribution in [-0.2, 0) is 0 Å². The lowest BCUT2D eigenvalue weighted by Gasteiger charge is -2.11. The van der Waals surface area contributed by atoms with Crippen LogP contribution < -0.4 is 5.32 Å². The zero-order valence-electron chi connectivity index (χ0n) is 11.0. The van der Waals surface area contributed by atoms with E-state index in [1.807, 2.05) is 0 Å². The number of hydrogen-bond acceptors (Lipinski definition) is 2. The molecule has 0 aromatic heterocycles. The predicted octanol–water partition coefficient (Wildman–Crippen LogP) is 4.16. The van der Waals surface area contributed by atoms with Crippen LogP contribution in [0.3, 0.4) is 0 Å². The molecule has 2 aromatic carbocycles. The van der Waals surface area contributed by atoms with Gasteiger partial charge in [0.15, 0.2) is 0 Å². The summed E-state index contributed by atoms with van der Waals surface area (Å²) in [6, 6.07) is 7.73. The number of hydrogen-bond donors (Lipinski definition) is 2. The standard InChI is InChI=1S/C15H13BrFNO2/c1-8-4-3-5-10(14(8)19)15(20)18-13-7-12(17)11(16)6-9(13)2/h3-7,19H,1-2H3,(H,18,20). The number of anilines is 1. The van der Waals surface area contributed by atoms with Gasteiger partial charge in [0.2, 0.25) is 0 Å². The molecule has 0 unspecified atom stereocenters. The minimum absolute atomic E-state index is 0.0692. The van der Waals surface area contributed by atoms with E-state index in [4.69, 9.17) is 0 Å². The SMILES string of the molecule is Cc1cc(Br)c(F)cc1NC(=O)c1cccc(C)c1O. The van der Waals surface area contributed by atoms with E-state index in [1.165, 1.54) is 12.1 Å². The molecule has 2 N–H and O–H groups in total. The number of benzene rings is 2. The van der Waals surface area contributed by atoms with Gasteiger partial charge in [0.25, 0.3) is 5.91 Å². The maximum absolute atomic E-state index is 13.5. The molecule has 2 aromatic rings. The molecule has 0 spiro atoms. The number of aryl methyl sites for hydroxylation is 2. The van der Waals surface area contributed by atoms with E-state index < -0.39 is 11.7 Å². The highest BCUT2D eigenvalue weighted by molar-refractivity contribution is 9.10. The van der Waals surface area contributed by atoms with Crippen LogP contribution in [0.4, 0.5) is 10.1 Å². The number of aromatic hydroxyl groups is 1. The molecular formula is C15H13BrFNO2. The van der Waals surface area contributed by atoms with Gasteiger partial charge in [-0.2, -0.15) is 0 Å². The van der Waals surface area contributed by atoms with Gasteiger partial charge in [0.05, 0.1) is 10.0 Å². The number of nitrogens with one attached hydrogen (secondary N) is 1. The Morgan fingerprint density at radius 2 is 1.95 bits per heavy atom. The van der Waals surface area contributed by atoms with Crippen LogP contribution in [0.2, 0.25) is 0 Å². The van der Waals surface area contributed by atoms with Crippen molar-refractivity contribution < 1.29 is 14.3 Å². The summed E-state index contributed by atoms with van der Waals surface area (Å²) < 4.78 is 13.8. The summed E-state index contributed by atoms with van der Waals surface area (Å²) in [6.45, 7) is 3.46. The number of halogens is 2. The summed E-state index contributed by atoms with van der Waals surface area (Å²) >= 11 is 3.08. The van der Waals surface area contributed by atoms with Crippen molar-refractivity contribution in [2.45, 2.75) is 13.8 Å². The van der Waals surface area contributed by atoms with Crippen molar-refractivity contribution in [1.82, 2.24) is 0 Å². The number of amides is 1. The second-order valence-corrected chi connectivity index (χ2v) is 5.36. The molecule has 0 saturated carbocycles. The fourth-order valence-electron chi connectivity index (χ4n) is 1.81. The fraction of sp³-hybridized carbons (Fsp3) is 0.133. The van der Waals surface area contributed by atoms with Crippen molar-refractivity contribution in [2.24, 2.45) is 0 Å². The lowest BCUT2D eigenvalue weighted by molar-refractivity contribution is 0.102. The predicted molar refractivity (Wildman–Crippen MR) is 79.6 cm³/mol. The quantitative estimate of drug-likeness (QED) is 0.864. The van der Waals surface area contributed by atoms with E-state index in [-0.39, 0.29) is 11.3 Å². The molecule has 0 aliphatic heterocycles. The number of phenolic OH excluding ortho intramolecular Hbond substituents is 1. The summed E-state index contributed by atoms with van der Waals surface area (Å²) in [5.74, 6) is -1.00. The van der Waals surface area contributed by atoms with Crippen molar-refractivity contribution in [3.63, 3.8) is 0 Å². The summed E-state index contributed by atoms with van der Waals surface area (Å²) in [5.41, 5.74) is 1.86. The maximum Gasteiger partial charge on any atom is 0.259 e. The second kappa shape index (κ2) is 5.63. The van der Waals surface area contributed by atoms with Gasteiger partial charge in [-0.3, -0.25) is 4.79 Å². The molecule has 104 valence electrons. The summed E-state index contributed by atoms with van der Waals surface area (Å²) in [5, 5.41) is 12.5. The Labute approximate surface area is 124 Å². The van der Waals surface area contributed by atoms with Gasteiger partial charge in [-0.25, -0.2) is 4.39 Å². The van der Waals surface area contributed by atoms with Crippen molar-refractivity contribution in [3.05, 3.63) is 57.3 Å². The topological polar surface area (TPSA) is 49.3 Å². The molecule has 20 heavy (non-hydrogen) atoms. The van der Waals surface area contributed by atoms with E-state index in [2.05, 4.69) is 21.2 Å². The van der Waals surface area contributed by atoms with E-state index in [0.29, 0.717) is 15.7 Å². The van der Waals surface area contributed by atoms with E-state index in [9.17, 15) is 14.3 Å². The Balaban J connectivity index is 2.33. The van der Waals surface area contributed by atoms with E-state index in [0.717, 1.165) is 5.56 Å². The van der Waals surface area contributed by atoms with Crippen molar-refractivity contribution in [3.8, 4) is 5.75 Å². The molecule has 0 heterocycles. The van der Waals surface area contributed by atoms with Crippen molar-refractivity contribution in [2.75, 3.05) is 5.32 Å². The molecule has 5 heteroatoms. The summed E-state index contributed by atoms with van der Waals surface area (Å²) in [6.07, 6.45) is 0. The second-order valence-electron chi connectivity index (χ2n) is 4.51. The molecule has 0 fully saturated rings. The third kappa shape index (κ3) is 2.82. The molecule has 3 nitrogen and oxygen atoms in total. The molecule has 0 atom stereocenters. The molecular weight excluding hydrogens is 325 g/mol. The van der Waals surface area contributed by atoms with Crippen molar-refractivity contribution >= 4 is 27.5 Å². The summed E-state index contributed by atoms with van der Waals surface area (Å²) in [4.78, 5) is 12.1. The highest BCUT2D eigenvalue weighted by atomic mass is 79.9. The smallest absolute Gasteiger partial charge is 0.259 e. The lowest BCUT2D eigenvalue weighted by atomic mass is 10.1. The molecule has 0 bridgehead atoms. The maximum atomic E-state index is 13.5. The van der Waals surface area contributed by atoms with E-state index in [1.54, 1.807) is 32.0 Å². The normalized spacial score (nSPS) is 10.4. The third-order valence-corrected chi connectivity index (χ3v) is 3.61. The number of phenols is 1. The lowest BCUT2D eigenvalue weighted by Crippen LogP contribution is -2.13. The first kappa shape index (κ1) is 14.5. The van der Waals surface area contributed by atoms with Gasteiger partial charge in [-0.1, -0.05) is 12.1 Å². The van der Waals surface area contributed by atoms with Crippen LogP contribution >= 0.6 is 15.9 Å². The highest BCUT2D eigenvalue weighted by Gasteiger charge is 2.14. The van der Waals surface area contributed by atoms with E-state index >= 15 is 0 Å². The van der Waals surface area contributed by atoms with Gasteiger partial charge in [0, 0.05) is 5.69 Å². The van der Waals surface area contributed by atoms with Crippen LogP contribution in [0.1, 0.15) is 21.5 Å². The van der Waals surface area contributed by atoms with Crippen LogP contribution in [0.5, 0.6) is 5.75 Å².